The molecule has 3 nitrogen and oxygen atoms in total. The fourth-order valence-corrected chi connectivity index (χ4v) is 4.35. The molecular formula is C21H24N2OS. The van der Waals surface area contributed by atoms with Crippen molar-refractivity contribution in [3.05, 3.63) is 48.0 Å². The van der Waals surface area contributed by atoms with Crippen molar-refractivity contribution in [1.82, 2.24) is 0 Å². The number of aliphatic hydroxyl groups excluding tert-OH is 1. The third-order valence-electron chi connectivity index (χ3n) is 4.57. The molecule has 4 heteroatoms. The van der Waals surface area contributed by atoms with Crippen LogP contribution >= 0.6 is 11.8 Å². The van der Waals surface area contributed by atoms with Gasteiger partial charge < -0.3 is 10.0 Å². The lowest BCUT2D eigenvalue weighted by molar-refractivity contribution is 0.235. The van der Waals surface area contributed by atoms with E-state index in [0.717, 1.165) is 11.4 Å². The number of fused-ring (bicyclic) bond motifs is 2. The van der Waals surface area contributed by atoms with E-state index in [1.165, 1.54) is 48.4 Å². The number of rotatable bonds is 7. The average molecular weight is 353 g/mol. The van der Waals surface area contributed by atoms with Crippen molar-refractivity contribution < 1.29 is 5.11 Å². The molecule has 130 valence electrons. The number of unbranched alkanes of at least 4 members (excludes halogenated alkanes) is 4. The Morgan fingerprint density at radius 1 is 1.04 bits per heavy atom. The largest absolute Gasteiger partial charge is 0.374 e. The number of hydrogen-bond donors (Lipinski definition) is 1. The van der Waals surface area contributed by atoms with Crippen LogP contribution in [0.5, 0.6) is 0 Å². The number of nitriles is 1. The molecule has 0 unspecified atom stereocenters. The second-order valence-electron chi connectivity index (χ2n) is 6.39. The van der Waals surface area contributed by atoms with Crippen LogP contribution in [0.4, 0.5) is 11.4 Å². The van der Waals surface area contributed by atoms with E-state index in [-0.39, 0.29) is 0 Å². The Hall–Kier alpha value is -1.96. The molecule has 1 aliphatic rings. The van der Waals surface area contributed by atoms with Crippen molar-refractivity contribution in [2.75, 3.05) is 11.4 Å². The Morgan fingerprint density at radius 2 is 1.80 bits per heavy atom. The maximum Gasteiger partial charge on any atom is 0.165 e. The fourth-order valence-electron chi connectivity index (χ4n) is 3.21. The lowest BCUT2D eigenvalue weighted by Crippen LogP contribution is -2.22. The smallest absolute Gasteiger partial charge is 0.165 e. The number of benzene rings is 2. The summed E-state index contributed by atoms with van der Waals surface area (Å²) < 4.78 is 0. The maximum atomic E-state index is 9.83. The number of nitrogens with zero attached hydrogens (tertiary/aromatic N) is 2. The van der Waals surface area contributed by atoms with Crippen molar-refractivity contribution in [1.29, 1.82) is 5.26 Å². The van der Waals surface area contributed by atoms with Gasteiger partial charge in [0.15, 0.2) is 6.10 Å². The molecule has 1 N–H and O–H groups in total. The minimum atomic E-state index is -1.06. The molecule has 25 heavy (non-hydrogen) atoms. The summed E-state index contributed by atoms with van der Waals surface area (Å²) in [6.07, 6.45) is 5.21. The van der Waals surface area contributed by atoms with Gasteiger partial charge in [-0.25, -0.2) is 0 Å². The zero-order valence-electron chi connectivity index (χ0n) is 14.6. The van der Waals surface area contributed by atoms with E-state index in [1.54, 1.807) is 11.8 Å². The van der Waals surface area contributed by atoms with E-state index in [9.17, 15) is 5.11 Å². The van der Waals surface area contributed by atoms with Gasteiger partial charge in [0.05, 0.1) is 17.4 Å². The highest BCUT2D eigenvalue weighted by molar-refractivity contribution is 7.99. The Kier molecular flexibility index (Phi) is 6.01. The van der Waals surface area contributed by atoms with Crippen LogP contribution in [0.25, 0.3) is 0 Å². The second-order valence-corrected chi connectivity index (χ2v) is 7.48. The molecule has 1 heterocycles. The van der Waals surface area contributed by atoms with Crippen LogP contribution in [0.15, 0.2) is 52.3 Å². The third-order valence-corrected chi connectivity index (χ3v) is 5.69. The molecule has 0 bridgehead atoms. The van der Waals surface area contributed by atoms with Crippen LogP contribution in [0, 0.1) is 11.3 Å². The van der Waals surface area contributed by atoms with Gasteiger partial charge in [-0.15, -0.1) is 0 Å². The summed E-state index contributed by atoms with van der Waals surface area (Å²) in [5, 5.41) is 18.8. The van der Waals surface area contributed by atoms with Crippen molar-refractivity contribution in [3.63, 3.8) is 0 Å². The Labute approximate surface area is 154 Å². The van der Waals surface area contributed by atoms with Gasteiger partial charge in [0.25, 0.3) is 0 Å². The van der Waals surface area contributed by atoms with Gasteiger partial charge >= 0.3 is 0 Å². The Morgan fingerprint density at radius 3 is 2.60 bits per heavy atom. The van der Waals surface area contributed by atoms with Crippen molar-refractivity contribution >= 4 is 23.1 Å². The molecule has 1 aliphatic heterocycles. The van der Waals surface area contributed by atoms with Gasteiger partial charge in [-0.05, 0) is 36.2 Å². The summed E-state index contributed by atoms with van der Waals surface area (Å²) in [7, 11) is 0. The number of anilines is 2. The summed E-state index contributed by atoms with van der Waals surface area (Å²) in [5.41, 5.74) is 3.09. The predicted octanol–water partition coefficient (Wildman–Crippen LogP) is 5.82. The highest BCUT2D eigenvalue weighted by Crippen LogP contribution is 2.48. The highest BCUT2D eigenvalue weighted by atomic mass is 32.2. The van der Waals surface area contributed by atoms with Gasteiger partial charge in [-0.2, -0.15) is 5.26 Å². The quantitative estimate of drug-likeness (QED) is 0.504. The van der Waals surface area contributed by atoms with Crippen molar-refractivity contribution in [2.45, 2.75) is 54.9 Å². The molecule has 0 fully saturated rings. The van der Waals surface area contributed by atoms with Crippen LogP contribution < -0.4 is 4.90 Å². The standard InChI is InChI=1S/C21H24N2OS/c1-2-3-4-5-8-13-23-17-9-6-7-10-20(17)25-21-14-16(19(24)15-22)11-12-18(21)23/h6-7,9-12,14,19,24H,2-5,8,13H2,1H3/t19-/m0/s1. The highest BCUT2D eigenvalue weighted by Gasteiger charge is 2.23. The van der Waals surface area contributed by atoms with Gasteiger partial charge in [0, 0.05) is 16.3 Å². The average Bonchev–Trinajstić information content (AvgIpc) is 2.66. The Bertz CT molecular complexity index is 769. The van der Waals surface area contributed by atoms with Crippen LogP contribution in [0.3, 0.4) is 0 Å². The summed E-state index contributed by atoms with van der Waals surface area (Å²) in [6.45, 7) is 3.23. The van der Waals surface area contributed by atoms with Crippen LogP contribution in [0.2, 0.25) is 0 Å². The first-order valence-corrected chi connectivity index (χ1v) is 9.82. The number of aliphatic hydroxyl groups is 1. The minimum Gasteiger partial charge on any atom is -0.374 e. The number of hydrogen-bond acceptors (Lipinski definition) is 4. The molecule has 0 aromatic heterocycles. The van der Waals surface area contributed by atoms with E-state index >= 15 is 0 Å². The summed E-state index contributed by atoms with van der Waals surface area (Å²) in [5.74, 6) is 0. The first kappa shape index (κ1) is 17.8. The van der Waals surface area contributed by atoms with Gasteiger partial charge in [0.1, 0.15) is 0 Å². The molecule has 0 radical (unpaired) electrons. The lowest BCUT2D eigenvalue weighted by atomic mass is 10.1. The van der Waals surface area contributed by atoms with Crippen LogP contribution in [-0.4, -0.2) is 11.7 Å². The normalized spacial score (nSPS) is 13.7. The molecule has 2 aromatic rings. The van der Waals surface area contributed by atoms with E-state index in [2.05, 4.69) is 36.1 Å². The zero-order valence-corrected chi connectivity index (χ0v) is 15.4. The molecule has 3 rings (SSSR count). The first-order chi connectivity index (χ1) is 12.2. The Balaban J connectivity index is 1.86. The second kappa shape index (κ2) is 8.42. The fraction of sp³-hybridized carbons (Fsp3) is 0.381. The molecule has 0 saturated heterocycles. The van der Waals surface area contributed by atoms with E-state index < -0.39 is 6.10 Å². The molecule has 0 spiro atoms. The minimum absolute atomic E-state index is 0.663. The topological polar surface area (TPSA) is 47.3 Å². The van der Waals surface area contributed by atoms with E-state index in [1.807, 2.05) is 24.3 Å². The number of para-hydroxylation sites is 1. The van der Waals surface area contributed by atoms with E-state index in [4.69, 9.17) is 5.26 Å². The lowest BCUT2D eigenvalue weighted by Gasteiger charge is -2.33. The summed E-state index contributed by atoms with van der Waals surface area (Å²) in [6, 6.07) is 16.2. The molecule has 2 aromatic carbocycles. The SMILES string of the molecule is CCCCCCCN1c2ccccc2Sc2cc([C@@H](O)C#N)ccc21. The van der Waals surface area contributed by atoms with E-state index in [0.29, 0.717) is 5.56 Å². The molecule has 1 atom stereocenters. The van der Waals surface area contributed by atoms with Gasteiger partial charge in [0.2, 0.25) is 0 Å². The van der Waals surface area contributed by atoms with Crippen molar-refractivity contribution in [2.24, 2.45) is 0 Å². The predicted molar refractivity (Wildman–Crippen MR) is 103 cm³/mol. The monoisotopic (exact) mass is 352 g/mol. The summed E-state index contributed by atoms with van der Waals surface area (Å²) >= 11 is 1.71. The first-order valence-electron chi connectivity index (χ1n) is 9.00. The molecule has 0 amide bonds. The summed E-state index contributed by atoms with van der Waals surface area (Å²) in [4.78, 5) is 4.72. The molecule has 0 saturated carbocycles. The van der Waals surface area contributed by atoms with Gasteiger partial charge in [-0.3, -0.25) is 0 Å². The van der Waals surface area contributed by atoms with Crippen LogP contribution in [0.1, 0.15) is 50.7 Å². The third kappa shape index (κ3) is 4.00. The molecule has 0 aliphatic carbocycles. The zero-order chi connectivity index (χ0) is 17.6. The maximum absolute atomic E-state index is 9.83. The van der Waals surface area contributed by atoms with Crippen molar-refractivity contribution in [3.8, 4) is 6.07 Å². The molecular weight excluding hydrogens is 328 g/mol. The van der Waals surface area contributed by atoms with Crippen LogP contribution in [-0.2, 0) is 0 Å². The van der Waals surface area contributed by atoms with Gasteiger partial charge in [-0.1, -0.05) is 62.6 Å².